The Morgan fingerprint density at radius 1 is 1.16 bits per heavy atom. The van der Waals surface area contributed by atoms with Crippen LogP contribution in [0.4, 0.5) is 5.69 Å². The maximum absolute atomic E-state index is 13.2. The van der Waals surface area contributed by atoms with Crippen molar-refractivity contribution in [3.05, 3.63) is 35.9 Å². The van der Waals surface area contributed by atoms with Crippen LogP contribution in [0, 0.1) is 0 Å². The lowest BCUT2D eigenvalue weighted by atomic mass is 9.97. The first kappa shape index (κ1) is 22.7. The Bertz CT molecular complexity index is 874. The zero-order valence-corrected chi connectivity index (χ0v) is 18.3. The zero-order valence-electron chi connectivity index (χ0n) is 18.3. The van der Waals surface area contributed by atoms with Gasteiger partial charge in [0.2, 0.25) is 11.8 Å². The third kappa shape index (κ3) is 5.60. The van der Waals surface area contributed by atoms with Gasteiger partial charge in [0.25, 0.3) is 5.91 Å². The van der Waals surface area contributed by atoms with Gasteiger partial charge in [-0.25, -0.2) is 4.90 Å². The second kappa shape index (κ2) is 10.4. The summed E-state index contributed by atoms with van der Waals surface area (Å²) in [6.07, 6.45) is 8.47. The number of hydrogen-bond acceptors (Lipinski definition) is 5. The van der Waals surface area contributed by atoms with Crippen molar-refractivity contribution in [2.75, 3.05) is 11.4 Å². The lowest BCUT2D eigenvalue weighted by Gasteiger charge is -2.28. The second-order valence-electron chi connectivity index (χ2n) is 8.07. The van der Waals surface area contributed by atoms with Crippen molar-refractivity contribution < 1.29 is 23.9 Å². The third-order valence-electron chi connectivity index (χ3n) is 5.70. The lowest BCUT2D eigenvalue weighted by molar-refractivity contribution is -0.138. The summed E-state index contributed by atoms with van der Waals surface area (Å²) >= 11 is 0. The van der Waals surface area contributed by atoms with Gasteiger partial charge in [0.15, 0.2) is 0 Å². The van der Waals surface area contributed by atoms with Crippen LogP contribution in [0.5, 0.6) is 5.75 Å². The fourth-order valence-electron chi connectivity index (χ4n) is 4.17. The van der Waals surface area contributed by atoms with Gasteiger partial charge in [-0.3, -0.25) is 19.2 Å². The number of esters is 1. The topological polar surface area (TPSA) is 84.0 Å². The average Bonchev–Trinajstić information content (AvgIpc) is 3.03. The first-order chi connectivity index (χ1) is 14.9. The predicted octanol–water partition coefficient (Wildman–Crippen LogP) is 3.76. The summed E-state index contributed by atoms with van der Waals surface area (Å²) in [6, 6.07) is 5.45. The highest BCUT2D eigenvalue weighted by Crippen LogP contribution is 2.29. The fraction of sp³-hybridized carbons (Fsp3) is 0.500. The summed E-state index contributed by atoms with van der Waals surface area (Å²) in [4.78, 5) is 52.6. The normalized spacial score (nSPS) is 18.7. The maximum Gasteiger partial charge on any atom is 0.308 e. The predicted molar refractivity (Wildman–Crippen MR) is 116 cm³/mol. The molecule has 0 spiro atoms. The molecule has 1 saturated heterocycles. The molecule has 166 valence electrons. The van der Waals surface area contributed by atoms with E-state index in [1.165, 1.54) is 18.9 Å². The molecule has 1 aromatic carbocycles. The van der Waals surface area contributed by atoms with Crippen LogP contribution in [-0.4, -0.2) is 41.2 Å². The monoisotopic (exact) mass is 426 g/mol. The molecule has 1 aliphatic carbocycles. The molecule has 0 N–H and O–H groups in total. The van der Waals surface area contributed by atoms with Crippen LogP contribution < -0.4 is 9.64 Å². The highest BCUT2D eigenvalue weighted by molar-refractivity contribution is 6.23. The van der Waals surface area contributed by atoms with Crippen LogP contribution in [0.2, 0.25) is 0 Å². The van der Waals surface area contributed by atoms with Crippen LogP contribution in [0.3, 0.4) is 0 Å². The Kier molecular flexibility index (Phi) is 7.60. The highest BCUT2D eigenvalue weighted by atomic mass is 16.5. The number of hydrogen-bond donors (Lipinski definition) is 0. The number of carbonyl (C=O) groups is 4. The van der Waals surface area contributed by atoms with E-state index in [1.54, 1.807) is 29.2 Å². The van der Waals surface area contributed by atoms with Crippen molar-refractivity contribution in [1.82, 2.24) is 4.90 Å². The van der Waals surface area contributed by atoms with Gasteiger partial charge in [0.05, 0.1) is 12.1 Å². The summed E-state index contributed by atoms with van der Waals surface area (Å²) in [5.41, 5.74) is 1.74. The van der Waals surface area contributed by atoms with E-state index in [1.807, 2.05) is 6.92 Å². The molecule has 0 bridgehead atoms. The summed E-state index contributed by atoms with van der Waals surface area (Å²) in [5, 5.41) is 0. The van der Waals surface area contributed by atoms with Crippen molar-refractivity contribution in [3.63, 3.8) is 0 Å². The molecule has 0 aromatic heterocycles. The van der Waals surface area contributed by atoms with Gasteiger partial charge in [-0.15, -0.1) is 0 Å². The van der Waals surface area contributed by atoms with E-state index in [2.05, 4.69) is 6.08 Å². The molecule has 1 aliphatic heterocycles. The van der Waals surface area contributed by atoms with Crippen molar-refractivity contribution >= 4 is 29.4 Å². The van der Waals surface area contributed by atoms with Gasteiger partial charge in [-0.05, 0) is 62.8 Å². The summed E-state index contributed by atoms with van der Waals surface area (Å²) in [6.45, 7) is 3.68. The molecule has 1 fully saturated rings. The average molecular weight is 427 g/mol. The van der Waals surface area contributed by atoms with E-state index in [0.717, 1.165) is 30.6 Å². The van der Waals surface area contributed by atoms with Gasteiger partial charge in [-0.1, -0.05) is 18.6 Å². The van der Waals surface area contributed by atoms with Crippen LogP contribution in [-0.2, 0) is 19.2 Å². The maximum atomic E-state index is 13.2. The third-order valence-corrected chi connectivity index (χ3v) is 5.70. The minimum atomic E-state index is -0.774. The van der Waals surface area contributed by atoms with Gasteiger partial charge in [0, 0.05) is 19.9 Å². The van der Waals surface area contributed by atoms with Crippen LogP contribution in [0.15, 0.2) is 35.9 Å². The van der Waals surface area contributed by atoms with Gasteiger partial charge < -0.3 is 9.64 Å². The Labute approximate surface area is 183 Å². The van der Waals surface area contributed by atoms with Crippen molar-refractivity contribution in [3.8, 4) is 5.75 Å². The fourth-order valence-corrected chi connectivity index (χ4v) is 4.17. The molecule has 1 atom stereocenters. The number of carbonyl (C=O) groups excluding carboxylic acids is 4. The number of amides is 3. The van der Waals surface area contributed by atoms with E-state index < -0.39 is 12.0 Å². The van der Waals surface area contributed by atoms with E-state index in [9.17, 15) is 19.2 Å². The molecule has 3 rings (SSSR count). The SMILES string of the molecule is CCCC(=O)N(CCC1=CCCCC1)C1CC(=O)N(c2ccc(OC(C)=O)cc2)C1=O. The van der Waals surface area contributed by atoms with E-state index in [0.29, 0.717) is 30.8 Å². The molecule has 31 heavy (non-hydrogen) atoms. The summed E-state index contributed by atoms with van der Waals surface area (Å²) in [5.74, 6) is -0.905. The van der Waals surface area contributed by atoms with E-state index in [4.69, 9.17) is 4.74 Å². The smallest absolute Gasteiger partial charge is 0.308 e. The zero-order chi connectivity index (χ0) is 22.4. The first-order valence-corrected chi connectivity index (χ1v) is 11.0. The van der Waals surface area contributed by atoms with Crippen LogP contribution in [0.1, 0.15) is 65.2 Å². The Hall–Kier alpha value is -2.96. The quantitative estimate of drug-likeness (QED) is 0.273. The van der Waals surface area contributed by atoms with Gasteiger partial charge >= 0.3 is 5.97 Å². The van der Waals surface area contributed by atoms with Crippen LogP contribution in [0.25, 0.3) is 0 Å². The first-order valence-electron chi connectivity index (χ1n) is 11.0. The molecule has 1 unspecified atom stereocenters. The Balaban J connectivity index is 1.76. The van der Waals surface area contributed by atoms with Gasteiger partial charge in [0.1, 0.15) is 11.8 Å². The number of anilines is 1. The molecular weight excluding hydrogens is 396 g/mol. The Morgan fingerprint density at radius 3 is 2.52 bits per heavy atom. The number of nitrogens with zero attached hydrogens (tertiary/aromatic N) is 2. The number of benzene rings is 1. The molecule has 2 aliphatic rings. The standard InChI is InChI=1S/C24H30N2O5/c1-3-7-22(28)25(15-14-18-8-5-4-6-9-18)21-16-23(29)26(24(21)30)19-10-12-20(13-11-19)31-17(2)27/h8,10-13,21H,3-7,9,14-16H2,1-2H3. The minimum absolute atomic E-state index is 0.0148. The molecule has 1 aromatic rings. The van der Waals surface area contributed by atoms with Gasteiger partial charge in [-0.2, -0.15) is 0 Å². The van der Waals surface area contributed by atoms with E-state index in [-0.39, 0.29) is 24.1 Å². The largest absolute Gasteiger partial charge is 0.427 e. The van der Waals surface area contributed by atoms with E-state index >= 15 is 0 Å². The highest BCUT2D eigenvalue weighted by Gasteiger charge is 2.44. The van der Waals surface area contributed by atoms with Crippen molar-refractivity contribution in [2.24, 2.45) is 0 Å². The van der Waals surface area contributed by atoms with Crippen LogP contribution >= 0.6 is 0 Å². The lowest BCUT2D eigenvalue weighted by Crippen LogP contribution is -2.46. The molecule has 1 heterocycles. The number of rotatable bonds is 8. The minimum Gasteiger partial charge on any atom is -0.427 e. The number of ether oxygens (including phenoxy) is 1. The summed E-state index contributed by atoms with van der Waals surface area (Å²) in [7, 11) is 0. The molecule has 3 amide bonds. The molecule has 7 heteroatoms. The molecule has 7 nitrogen and oxygen atoms in total. The molecular formula is C24H30N2O5. The number of allylic oxidation sites excluding steroid dienone is 1. The summed E-state index contributed by atoms with van der Waals surface area (Å²) < 4.78 is 5.01. The van der Waals surface area contributed by atoms with Crippen molar-refractivity contribution in [2.45, 2.75) is 71.3 Å². The van der Waals surface area contributed by atoms with Crippen molar-refractivity contribution in [1.29, 1.82) is 0 Å². The Morgan fingerprint density at radius 2 is 1.90 bits per heavy atom. The molecule has 0 radical (unpaired) electrons. The number of imide groups is 1. The molecule has 0 saturated carbocycles. The second-order valence-corrected chi connectivity index (χ2v) is 8.07.